The fourth-order valence-electron chi connectivity index (χ4n) is 3.35. The van der Waals surface area contributed by atoms with Crippen LogP contribution in [0.2, 0.25) is 0 Å². The van der Waals surface area contributed by atoms with E-state index in [1.165, 1.54) is 0 Å². The molecule has 2 aliphatic heterocycles. The Hall–Kier alpha value is -2.05. The highest BCUT2D eigenvalue weighted by molar-refractivity contribution is 5.77. The van der Waals surface area contributed by atoms with E-state index >= 15 is 0 Å². The van der Waals surface area contributed by atoms with Crippen molar-refractivity contribution in [3.8, 4) is 0 Å². The molecule has 1 atom stereocenters. The third-order valence-electron chi connectivity index (χ3n) is 4.50. The van der Waals surface area contributed by atoms with Crippen LogP contribution < -0.4 is 5.32 Å². The molecule has 23 heavy (non-hydrogen) atoms. The molecule has 2 fully saturated rings. The Morgan fingerprint density at radius 1 is 1.22 bits per heavy atom. The molecule has 1 aromatic heterocycles. The fourth-order valence-corrected chi connectivity index (χ4v) is 3.35. The normalized spacial score (nSPS) is 21.5. The first-order chi connectivity index (χ1) is 11.1. The fraction of sp³-hybridized carbons (Fsp3) is 0.688. The van der Waals surface area contributed by atoms with Crippen LogP contribution in [0.25, 0.3) is 0 Å². The molecule has 1 aromatic rings. The Labute approximate surface area is 136 Å². The van der Waals surface area contributed by atoms with Gasteiger partial charge in [0, 0.05) is 38.4 Å². The van der Waals surface area contributed by atoms with Gasteiger partial charge >= 0.3 is 6.03 Å². The number of carbonyl (C=O) groups excluding carboxylic acids is 2. The smallest absolute Gasteiger partial charge is 0.320 e. The topological polar surface area (TPSA) is 70.5 Å². The molecule has 0 saturated carbocycles. The second kappa shape index (κ2) is 7.02. The lowest BCUT2D eigenvalue weighted by molar-refractivity contribution is -0.122. The zero-order chi connectivity index (χ0) is 16.2. The molecule has 3 rings (SSSR count). The Morgan fingerprint density at radius 3 is 2.65 bits per heavy atom. The average molecular weight is 319 g/mol. The first kappa shape index (κ1) is 15.8. The highest BCUT2D eigenvalue weighted by Crippen LogP contribution is 2.16. The first-order valence-electron chi connectivity index (χ1n) is 8.44. The Balaban J connectivity index is 1.49. The van der Waals surface area contributed by atoms with Gasteiger partial charge in [0.25, 0.3) is 0 Å². The van der Waals surface area contributed by atoms with Crippen molar-refractivity contribution in [3.05, 3.63) is 18.0 Å². The SMILES string of the molecule is Cc1cnn(CC(=O)NC2CCCN(C(=O)N3CCCC3)C2)c1. The molecule has 0 radical (unpaired) electrons. The van der Waals surface area contributed by atoms with Gasteiger partial charge < -0.3 is 15.1 Å². The number of carbonyl (C=O) groups is 2. The van der Waals surface area contributed by atoms with Gasteiger partial charge in [-0.05, 0) is 38.2 Å². The number of likely N-dealkylation sites (tertiary alicyclic amines) is 2. The van der Waals surface area contributed by atoms with Crippen LogP contribution in [0, 0.1) is 6.92 Å². The lowest BCUT2D eigenvalue weighted by atomic mass is 10.1. The lowest BCUT2D eigenvalue weighted by Crippen LogP contribution is -2.53. The monoisotopic (exact) mass is 319 g/mol. The number of aryl methyl sites for hydroxylation is 1. The summed E-state index contributed by atoms with van der Waals surface area (Å²) in [6, 6.07) is 0.170. The minimum absolute atomic E-state index is 0.0412. The van der Waals surface area contributed by atoms with E-state index in [2.05, 4.69) is 10.4 Å². The highest BCUT2D eigenvalue weighted by atomic mass is 16.2. The molecule has 0 spiro atoms. The summed E-state index contributed by atoms with van der Waals surface area (Å²) in [5.41, 5.74) is 1.04. The van der Waals surface area contributed by atoms with Crippen molar-refractivity contribution in [2.24, 2.45) is 0 Å². The van der Waals surface area contributed by atoms with Gasteiger partial charge in [-0.3, -0.25) is 9.48 Å². The maximum Gasteiger partial charge on any atom is 0.320 e. The summed E-state index contributed by atoms with van der Waals surface area (Å²) in [7, 11) is 0. The van der Waals surface area contributed by atoms with E-state index in [1.54, 1.807) is 10.9 Å². The van der Waals surface area contributed by atoms with Crippen molar-refractivity contribution in [1.82, 2.24) is 24.9 Å². The molecule has 1 unspecified atom stereocenters. The number of rotatable bonds is 3. The molecule has 3 heterocycles. The number of aromatic nitrogens is 2. The van der Waals surface area contributed by atoms with Gasteiger partial charge in [0.1, 0.15) is 6.54 Å². The minimum atomic E-state index is -0.0476. The molecule has 0 aliphatic carbocycles. The molecule has 2 saturated heterocycles. The summed E-state index contributed by atoms with van der Waals surface area (Å²) in [6.45, 7) is 5.31. The van der Waals surface area contributed by atoms with Crippen LogP contribution in [0.4, 0.5) is 4.79 Å². The maximum absolute atomic E-state index is 12.5. The third kappa shape index (κ3) is 4.03. The van der Waals surface area contributed by atoms with E-state index in [1.807, 2.05) is 22.9 Å². The number of nitrogens with one attached hydrogen (secondary N) is 1. The molecule has 1 N–H and O–H groups in total. The number of hydrogen-bond acceptors (Lipinski definition) is 3. The van der Waals surface area contributed by atoms with Gasteiger partial charge in [0.05, 0.1) is 6.20 Å². The molecule has 7 heteroatoms. The van der Waals surface area contributed by atoms with Gasteiger partial charge in [-0.15, -0.1) is 0 Å². The lowest BCUT2D eigenvalue weighted by Gasteiger charge is -2.35. The molecule has 0 bridgehead atoms. The molecule has 0 aromatic carbocycles. The van der Waals surface area contributed by atoms with Crippen molar-refractivity contribution < 1.29 is 9.59 Å². The third-order valence-corrected chi connectivity index (χ3v) is 4.50. The van der Waals surface area contributed by atoms with Crippen molar-refractivity contribution in [2.75, 3.05) is 26.2 Å². The second-order valence-electron chi connectivity index (χ2n) is 6.54. The highest BCUT2D eigenvalue weighted by Gasteiger charge is 2.29. The van der Waals surface area contributed by atoms with Crippen LogP contribution in [0.3, 0.4) is 0 Å². The van der Waals surface area contributed by atoms with E-state index in [-0.39, 0.29) is 24.5 Å². The predicted octanol–water partition coefficient (Wildman–Crippen LogP) is 0.988. The summed E-state index contributed by atoms with van der Waals surface area (Å²) in [6.07, 6.45) is 7.65. The van der Waals surface area contributed by atoms with Crippen LogP contribution in [-0.4, -0.2) is 63.7 Å². The first-order valence-corrected chi connectivity index (χ1v) is 8.44. The van der Waals surface area contributed by atoms with E-state index in [9.17, 15) is 9.59 Å². The molecular formula is C16H25N5O2. The number of urea groups is 1. The molecular weight excluding hydrogens is 294 g/mol. The number of hydrogen-bond donors (Lipinski definition) is 1. The van der Waals surface area contributed by atoms with Gasteiger partial charge in [-0.1, -0.05) is 0 Å². The second-order valence-corrected chi connectivity index (χ2v) is 6.54. The van der Waals surface area contributed by atoms with E-state index in [0.717, 1.165) is 50.9 Å². The van der Waals surface area contributed by atoms with Crippen LogP contribution in [0.5, 0.6) is 0 Å². The summed E-state index contributed by atoms with van der Waals surface area (Å²) in [4.78, 5) is 28.4. The van der Waals surface area contributed by atoms with Gasteiger partial charge in [-0.2, -0.15) is 5.10 Å². The van der Waals surface area contributed by atoms with Gasteiger partial charge in [0.2, 0.25) is 5.91 Å². The number of piperidine rings is 1. The Bertz CT molecular complexity index is 565. The Morgan fingerprint density at radius 2 is 1.96 bits per heavy atom. The quantitative estimate of drug-likeness (QED) is 0.903. The molecule has 2 aliphatic rings. The van der Waals surface area contributed by atoms with Crippen molar-refractivity contribution >= 4 is 11.9 Å². The number of nitrogens with zero attached hydrogens (tertiary/aromatic N) is 4. The van der Waals surface area contributed by atoms with Crippen molar-refractivity contribution in [3.63, 3.8) is 0 Å². The predicted molar refractivity (Wildman–Crippen MR) is 85.9 cm³/mol. The van der Waals surface area contributed by atoms with E-state index in [4.69, 9.17) is 0 Å². The van der Waals surface area contributed by atoms with Crippen LogP contribution >= 0.6 is 0 Å². The van der Waals surface area contributed by atoms with Crippen molar-refractivity contribution in [1.29, 1.82) is 0 Å². The maximum atomic E-state index is 12.5. The van der Waals surface area contributed by atoms with Crippen LogP contribution in [0.1, 0.15) is 31.2 Å². The van der Waals surface area contributed by atoms with Gasteiger partial charge in [-0.25, -0.2) is 4.79 Å². The zero-order valence-corrected chi connectivity index (χ0v) is 13.7. The standard InChI is InChI=1S/C16H25N5O2/c1-13-9-17-21(10-13)12-15(22)18-14-5-4-8-20(11-14)16(23)19-6-2-3-7-19/h9-10,14H,2-8,11-12H2,1H3,(H,18,22). The van der Waals surface area contributed by atoms with Gasteiger partial charge in [0.15, 0.2) is 0 Å². The van der Waals surface area contributed by atoms with Crippen LogP contribution in [-0.2, 0) is 11.3 Å². The molecule has 3 amide bonds. The zero-order valence-electron chi connectivity index (χ0n) is 13.7. The molecule has 7 nitrogen and oxygen atoms in total. The summed E-state index contributed by atoms with van der Waals surface area (Å²) in [5.74, 6) is -0.0476. The summed E-state index contributed by atoms with van der Waals surface area (Å²) in [5, 5.41) is 7.17. The van der Waals surface area contributed by atoms with Crippen LogP contribution in [0.15, 0.2) is 12.4 Å². The molecule has 126 valence electrons. The van der Waals surface area contributed by atoms with E-state index in [0.29, 0.717) is 6.54 Å². The van der Waals surface area contributed by atoms with E-state index < -0.39 is 0 Å². The summed E-state index contributed by atoms with van der Waals surface area (Å²) >= 11 is 0. The van der Waals surface area contributed by atoms with Crippen molar-refractivity contribution in [2.45, 2.75) is 45.2 Å². The Kier molecular flexibility index (Phi) is 4.83. The number of amides is 3. The summed E-state index contributed by atoms with van der Waals surface area (Å²) < 4.78 is 1.64. The minimum Gasteiger partial charge on any atom is -0.350 e. The largest absolute Gasteiger partial charge is 0.350 e. The average Bonchev–Trinajstić information content (AvgIpc) is 3.18.